The van der Waals surface area contributed by atoms with Crippen molar-refractivity contribution in [1.29, 1.82) is 0 Å². The van der Waals surface area contributed by atoms with E-state index in [9.17, 15) is 13.9 Å². The molecule has 0 aliphatic heterocycles. The SMILES string of the molecule is COc1cc(F)c([C@@H](O)CN)c(F)c1. The highest BCUT2D eigenvalue weighted by Gasteiger charge is 2.18. The molecule has 0 heterocycles. The Morgan fingerprint density at radius 2 is 1.93 bits per heavy atom. The van der Waals surface area contributed by atoms with Gasteiger partial charge in [-0.2, -0.15) is 0 Å². The Balaban J connectivity index is 3.18. The van der Waals surface area contributed by atoms with E-state index in [0.717, 1.165) is 12.1 Å². The molecule has 14 heavy (non-hydrogen) atoms. The van der Waals surface area contributed by atoms with Crippen molar-refractivity contribution in [1.82, 2.24) is 0 Å². The summed E-state index contributed by atoms with van der Waals surface area (Å²) in [5.41, 5.74) is 4.67. The van der Waals surface area contributed by atoms with Crippen molar-refractivity contribution in [2.45, 2.75) is 6.10 Å². The fraction of sp³-hybridized carbons (Fsp3) is 0.333. The average molecular weight is 203 g/mol. The number of benzene rings is 1. The van der Waals surface area contributed by atoms with E-state index in [1.807, 2.05) is 0 Å². The molecule has 5 heteroatoms. The summed E-state index contributed by atoms with van der Waals surface area (Å²) in [6.07, 6.45) is -1.33. The van der Waals surface area contributed by atoms with Crippen LogP contribution in [0.3, 0.4) is 0 Å². The molecule has 0 bridgehead atoms. The van der Waals surface area contributed by atoms with Crippen LogP contribution in [0, 0.1) is 11.6 Å². The molecule has 0 aromatic heterocycles. The third kappa shape index (κ3) is 2.00. The van der Waals surface area contributed by atoms with E-state index >= 15 is 0 Å². The Bertz CT molecular complexity index is 308. The van der Waals surface area contributed by atoms with Crippen LogP contribution in [-0.2, 0) is 0 Å². The van der Waals surface area contributed by atoms with Gasteiger partial charge in [-0.05, 0) is 0 Å². The summed E-state index contributed by atoms with van der Waals surface area (Å²) < 4.78 is 31.1. The van der Waals surface area contributed by atoms with Crippen molar-refractivity contribution in [3.63, 3.8) is 0 Å². The molecular weight excluding hydrogens is 192 g/mol. The van der Waals surface area contributed by atoms with E-state index in [1.54, 1.807) is 0 Å². The predicted molar refractivity (Wildman–Crippen MR) is 46.9 cm³/mol. The monoisotopic (exact) mass is 203 g/mol. The van der Waals surface area contributed by atoms with Gasteiger partial charge in [0, 0.05) is 18.7 Å². The quantitative estimate of drug-likeness (QED) is 0.769. The molecule has 0 saturated carbocycles. The van der Waals surface area contributed by atoms with Crippen molar-refractivity contribution in [2.75, 3.05) is 13.7 Å². The lowest BCUT2D eigenvalue weighted by Crippen LogP contribution is -2.14. The fourth-order valence-electron chi connectivity index (χ4n) is 1.12. The van der Waals surface area contributed by atoms with Gasteiger partial charge in [0.05, 0.1) is 18.8 Å². The molecule has 1 rings (SSSR count). The van der Waals surface area contributed by atoms with E-state index in [1.165, 1.54) is 7.11 Å². The Labute approximate surface area is 80.1 Å². The van der Waals surface area contributed by atoms with Crippen molar-refractivity contribution in [3.8, 4) is 5.75 Å². The molecule has 0 radical (unpaired) electrons. The summed E-state index contributed by atoms with van der Waals surface area (Å²) >= 11 is 0. The third-order valence-electron chi connectivity index (χ3n) is 1.84. The zero-order valence-electron chi connectivity index (χ0n) is 7.63. The van der Waals surface area contributed by atoms with Crippen molar-refractivity contribution >= 4 is 0 Å². The number of rotatable bonds is 3. The van der Waals surface area contributed by atoms with Crippen LogP contribution in [0.15, 0.2) is 12.1 Å². The van der Waals surface area contributed by atoms with E-state index < -0.39 is 23.3 Å². The van der Waals surface area contributed by atoms with E-state index in [4.69, 9.17) is 5.73 Å². The highest BCUT2D eigenvalue weighted by molar-refractivity contribution is 5.31. The van der Waals surface area contributed by atoms with E-state index in [2.05, 4.69) is 4.74 Å². The summed E-state index contributed by atoms with van der Waals surface area (Å²) in [4.78, 5) is 0. The standard InChI is InChI=1S/C9H11F2NO2/c1-14-5-2-6(10)9(7(11)3-5)8(13)4-12/h2-3,8,13H,4,12H2,1H3/t8-/m0/s1. The molecule has 1 aromatic carbocycles. The minimum absolute atomic E-state index is 0.0629. The van der Waals surface area contributed by atoms with E-state index in [0.29, 0.717) is 0 Å². The van der Waals surface area contributed by atoms with Crippen LogP contribution in [0.2, 0.25) is 0 Å². The molecule has 3 nitrogen and oxygen atoms in total. The second-order valence-electron chi connectivity index (χ2n) is 2.76. The Hall–Kier alpha value is -1.20. The largest absolute Gasteiger partial charge is 0.497 e. The first-order chi connectivity index (χ1) is 6.60. The minimum atomic E-state index is -1.33. The zero-order valence-corrected chi connectivity index (χ0v) is 7.63. The number of methoxy groups -OCH3 is 1. The summed E-state index contributed by atoms with van der Waals surface area (Å²) in [6, 6.07) is 1.99. The second-order valence-corrected chi connectivity index (χ2v) is 2.76. The smallest absolute Gasteiger partial charge is 0.135 e. The Morgan fingerprint density at radius 1 is 1.43 bits per heavy atom. The molecule has 0 unspecified atom stereocenters. The lowest BCUT2D eigenvalue weighted by molar-refractivity contribution is 0.176. The zero-order chi connectivity index (χ0) is 10.7. The molecule has 0 aliphatic carbocycles. The number of hydrogen-bond acceptors (Lipinski definition) is 3. The Kier molecular flexibility index (Phi) is 3.38. The van der Waals surface area contributed by atoms with Gasteiger partial charge in [0.25, 0.3) is 0 Å². The van der Waals surface area contributed by atoms with Gasteiger partial charge < -0.3 is 15.6 Å². The van der Waals surface area contributed by atoms with Gasteiger partial charge in [0.2, 0.25) is 0 Å². The molecule has 0 spiro atoms. The van der Waals surface area contributed by atoms with Crippen molar-refractivity contribution in [2.24, 2.45) is 5.73 Å². The first-order valence-electron chi connectivity index (χ1n) is 4.01. The van der Waals surface area contributed by atoms with Crippen LogP contribution in [0.25, 0.3) is 0 Å². The fourth-order valence-corrected chi connectivity index (χ4v) is 1.12. The van der Waals surface area contributed by atoms with Crippen LogP contribution in [0.1, 0.15) is 11.7 Å². The van der Waals surface area contributed by atoms with Crippen LogP contribution >= 0.6 is 0 Å². The van der Waals surface area contributed by atoms with Gasteiger partial charge in [-0.3, -0.25) is 0 Å². The third-order valence-corrected chi connectivity index (χ3v) is 1.84. The molecule has 0 aliphatic rings. The van der Waals surface area contributed by atoms with E-state index in [-0.39, 0.29) is 12.3 Å². The van der Waals surface area contributed by atoms with Gasteiger partial charge in [0.1, 0.15) is 17.4 Å². The second kappa shape index (κ2) is 4.34. The molecule has 0 fully saturated rings. The summed E-state index contributed by atoms with van der Waals surface area (Å²) in [5.74, 6) is -1.66. The molecule has 78 valence electrons. The van der Waals surface area contributed by atoms with Crippen molar-refractivity contribution in [3.05, 3.63) is 29.3 Å². The first-order valence-corrected chi connectivity index (χ1v) is 4.01. The average Bonchev–Trinajstić information content (AvgIpc) is 2.16. The van der Waals surface area contributed by atoms with Gasteiger partial charge >= 0.3 is 0 Å². The van der Waals surface area contributed by atoms with Gasteiger partial charge in [0.15, 0.2) is 0 Å². The number of hydrogen-bond donors (Lipinski definition) is 2. The van der Waals surface area contributed by atoms with Crippen LogP contribution in [0.5, 0.6) is 5.75 Å². The number of ether oxygens (including phenoxy) is 1. The molecule has 0 amide bonds. The van der Waals surface area contributed by atoms with Crippen LogP contribution in [-0.4, -0.2) is 18.8 Å². The number of aliphatic hydroxyl groups excluding tert-OH is 1. The highest BCUT2D eigenvalue weighted by Crippen LogP contribution is 2.24. The number of nitrogens with two attached hydrogens (primary N) is 1. The summed E-state index contributed by atoms with van der Waals surface area (Å²) in [6.45, 7) is -0.236. The van der Waals surface area contributed by atoms with Crippen LogP contribution in [0.4, 0.5) is 8.78 Å². The maximum atomic E-state index is 13.2. The lowest BCUT2D eigenvalue weighted by atomic mass is 10.1. The predicted octanol–water partition coefficient (Wildman–Crippen LogP) is 0.966. The Morgan fingerprint density at radius 3 is 2.29 bits per heavy atom. The maximum Gasteiger partial charge on any atom is 0.135 e. The van der Waals surface area contributed by atoms with Gasteiger partial charge in [-0.1, -0.05) is 0 Å². The lowest BCUT2D eigenvalue weighted by Gasteiger charge is -2.11. The topological polar surface area (TPSA) is 55.5 Å². The summed E-state index contributed by atoms with van der Waals surface area (Å²) in [7, 11) is 1.30. The normalized spacial score (nSPS) is 12.6. The molecule has 1 atom stereocenters. The molecule has 3 N–H and O–H groups in total. The number of halogens is 2. The van der Waals surface area contributed by atoms with Crippen LogP contribution < -0.4 is 10.5 Å². The molecule has 1 aromatic rings. The molecule has 0 saturated heterocycles. The maximum absolute atomic E-state index is 13.2. The summed E-state index contributed by atoms with van der Waals surface area (Å²) in [5, 5.41) is 9.21. The highest BCUT2D eigenvalue weighted by atomic mass is 19.1. The van der Waals surface area contributed by atoms with Gasteiger partial charge in [-0.25, -0.2) is 8.78 Å². The minimum Gasteiger partial charge on any atom is -0.497 e. The van der Waals surface area contributed by atoms with Crippen molar-refractivity contribution < 1.29 is 18.6 Å². The first kappa shape index (κ1) is 10.9. The number of aliphatic hydroxyl groups is 1. The van der Waals surface area contributed by atoms with Gasteiger partial charge in [-0.15, -0.1) is 0 Å². The molecular formula is C9H11F2NO2.